The number of carbonyl (C=O) groups excluding carboxylic acids is 1. The number of fused-ring (bicyclic) bond motifs is 1. The van der Waals surface area contributed by atoms with Gasteiger partial charge in [-0.2, -0.15) is 0 Å². The molecular formula is C27H27ClN4O3. The number of hydrogen-bond donors (Lipinski definition) is 1. The third-order valence-electron chi connectivity index (χ3n) is 7.73. The predicted octanol–water partition coefficient (Wildman–Crippen LogP) is 4.88. The number of alkyl halides is 1. The average molecular weight is 491 g/mol. The van der Waals surface area contributed by atoms with Crippen LogP contribution < -0.4 is 0 Å². The zero-order valence-electron chi connectivity index (χ0n) is 19.4. The van der Waals surface area contributed by atoms with Crippen molar-refractivity contribution in [2.45, 2.75) is 68.7 Å². The van der Waals surface area contributed by atoms with Crippen molar-refractivity contribution >= 4 is 40.2 Å². The molecule has 1 unspecified atom stereocenters. The van der Waals surface area contributed by atoms with E-state index in [1.165, 1.54) is 0 Å². The molecule has 0 saturated heterocycles. The van der Waals surface area contributed by atoms with E-state index in [4.69, 9.17) is 16.6 Å². The first kappa shape index (κ1) is 22.4. The molecule has 6 rings (SSSR count). The first-order chi connectivity index (χ1) is 17.0. The van der Waals surface area contributed by atoms with Gasteiger partial charge in [0, 0.05) is 24.2 Å². The minimum Gasteiger partial charge on any atom is -0.480 e. The maximum absolute atomic E-state index is 12.6. The number of carbonyl (C=O) groups is 2. The van der Waals surface area contributed by atoms with Crippen molar-refractivity contribution in [2.24, 2.45) is 10.4 Å². The zero-order valence-corrected chi connectivity index (χ0v) is 20.1. The summed E-state index contributed by atoms with van der Waals surface area (Å²) in [5, 5.41) is 9.12. The minimum absolute atomic E-state index is 0.0127. The van der Waals surface area contributed by atoms with Gasteiger partial charge in [0.2, 0.25) is 0 Å². The Morgan fingerprint density at radius 1 is 1.17 bits per heavy atom. The lowest BCUT2D eigenvalue weighted by Crippen LogP contribution is -2.61. The second-order valence-corrected chi connectivity index (χ2v) is 10.5. The van der Waals surface area contributed by atoms with E-state index in [-0.39, 0.29) is 12.2 Å². The summed E-state index contributed by atoms with van der Waals surface area (Å²) in [6, 6.07) is 10.8. The quantitative estimate of drug-likeness (QED) is 0.497. The van der Waals surface area contributed by atoms with Crippen LogP contribution in [0, 0.1) is 5.41 Å². The number of aliphatic carboxylic acids is 1. The van der Waals surface area contributed by atoms with Gasteiger partial charge in [0.05, 0.1) is 11.1 Å². The summed E-state index contributed by atoms with van der Waals surface area (Å²) in [5.74, 6) is 0.494. The van der Waals surface area contributed by atoms with Crippen molar-refractivity contribution in [3.8, 4) is 5.69 Å². The monoisotopic (exact) mass is 490 g/mol. The summed E-state index contributed by atoms with van der Waals surface area (Å²) in [5.41, 5.74) is 3.49. The van der Waals surface area contributed by atoms with Crippen LogP contribution in [0.2, 0.25) is 0 Å². The Labute approximate surface area is 208 Å². The van der Waals surface area contributed by atoms with Crippen molar-refractivity contribution < 1.29 is 14.7 Å². The van der Waals surface area contributed by atoms with Crippen LogP contribution in [0.4, 0.5) is 0 Å². The van der Waals surface area contributed by atoms with Gasteiger partial charge in [-0.1, -0.05) is 31.4 Å². The Kier molecular flexibility index (Phi) is 5.48. The molecule has 2 heterocycles. The number of aromatic nitrogens is 3. The van der Waals surface area contributed by atoms with Gasteiger partial charge in [-0.05, 0) is 55.5 Å². The standard InChI is InChI=1S/C27H27ClN4O3/c28-21-22(27(23(21)33)12-2-1-3-13-27)30-20(26(34)35)15-16-6-10-18(11-7-16)32-24(17-8-9-17)31-19-5-4-14-29-25(19)32/h4-7,10-11,14,17,20-21H,1-3,8-9,12-13,15H2,(H,34,35)/t20-,21?/m0/s1. The highest BCUT2D eigenvalue weighted by molar-refractivity contribution is 6.54. The molecule has 0 radical (unpaired) electrons. The molecule has 1 aromatic carbocycles. The number of nitrogens with zero attached hydrogens (tertiary/aromatic N) is 4. The highest BCUT2D eigenvalue weighted by Crippen LogP contribution is 2.49. The number of halogens is 1. The second kappa shape index (κ2) is 8.55. The fourth-order valence-electron chi connectivity index (χ4n) is 5.66. The summed E-state index contributed by atoms with van der Waals surface area (Å²) >= 11 is 6.32. The Morgan fingerprint density at radius 2 is 1.91 bits per heavy atom. The lowest BCUT2D eigenvalue weighted by atomic mass is 9.58. The van der Waals surface area contributed by atoms with Crippen molar-refractivity contribution in [3.05, 3.63) is 54.0 Å². The number of carboxylic acids is 1. The van der Waals surface area contributed by atoms with Gasteiger partial charge in [0.1, 0.15) is 16.7 Å². The molecule has 0 amide bonds. The van der Waals surface area contributed by atoms with Gasteiger partial charge >= 0.3 is 5.97 Å². The van der Waals surface area contributed by atoms with E-state index in [0.717, 1.165) is 73.2 Å². The Bertz CT molecular complexity index is 1340. The Morgan fingerprint density at radius 3 is 2.60 bits per heavy atom. The molecule has 180 valence electrons. The molecule has 3 aliphatic rings. The maximum atomic E-state index is 12.6. The molecule has 0 bridgehead atoms. The molecule has 0 aliphatic heterocycles. The summed E-state index contributed by atoms with van der Waals surface area (Å²) in [6.07, 6.45) is 8.73. The molecule has 7 nitrogen and oxygen atoms in total. The van der Waals surface area contributed by atoms with Gasteiger partial charge in [0.25, 0.3) is 0 Å². The van der Waals surface area contributed by atoms with Gasteiger partial charge < -0.3 is 5.11 Å². The van der Waals surface area contributed by atoms with Crippen LogP contribution in [0.1, 0.15) is 62.3 Å². The van der Waals surface area contributed by atoms with Crippen molar-refractivity contribution in [3.63, 3.8) is 0 Å². The van der Waals surface area contributed by atoms with Gasteiger partial charge in [-0.25, -0.2) is 14.8 Å². The number of imidazole rings is 1. The molecule has 3 aliphatic carbocycles. The van der Waals surface area contributed by atoms with E-state index >= 15 is 0 Å². The number of rotatable bonds is 6. The van der Waals surface area contributed by atoms with E-state index in [1.54, 1.807) is 6.20 Å². The lowest BCUT2D eigenvalue weighted by molar-refractivity contribution is -0.138. The van der Waals surface area contributed by atoms with E-state index < -0.39 is 22.8 Å². The highest BCUT2D eigenvalue weighted by Gasteiger charge is 2.58. The number of hydrogen-bond acceptors (Lipinski definition) is 5. The first-order valence-corrected chi connectivity index (χ1v) is 12.8. The molecule has 8 heteroatoms. The smallest absolute Gasteiger partial charge is 0.328 e. The van der Waals surface area contributed by atoms with Crippen molar-refractivity contribution in [1.82, 2.24) is 14.5 Å². The maximum Gasteiger partial charge on any atom is 0.328 e. The van der Waals surface area contributed by atoms with Crippen LogP contribution in [-0.2, 0) is 16.0 Å². The number of aliphatic imine (C=N–C) groups is 1. The molecule has 3 aromatic rings. The van der Waals surface area contributed by atoms with Crippen LogP contribution in [0.25, 0.3) is 16.9 Å². The van der Waals surface area contributed by atoms with E-state index in [2.05, 4.69) is 14.5 Å². The summed E-state index contributed by atoms with van der Waals surface area (Å²) < 4.78 is 2.11. The first-order valence-electron chi connectivity index (χ1n) is 12.4. The highest BCUT2D eigenvalue weighted by atomic mass is 35.5. The van der Waals surface area contributed by atoms with Crippen LogP contribution in [0.15, 0.2) is 47.6 Å². The topological polar surface area (TPSA) is 97.4 Å². The molecule has 1 spiro atoms. The van der Waals surface area contributed by atoms with Gasteiger partial charge in [-0.15, -0.1) is 11.6 Å². The zero-order chi connectivity index (χ0) is 24.2. The van der Waals surface area contributed by atoms with Crippen LogP contribution in [0.5, 0.6) is 0 Å². The molecule has 1 N–H and O–H groups in total. The fourth-order valence-corrected chi connectivity index (χ4v) is 6.14. The Balaban J connectivity index is 1.28. The Hall–Kier alpha value is -3.06. The lowest BCUT2D eigenvalue weighted by Gasteiger charge is -2.47. The normalized spacial score (nSPS) is 23.5. The SMILES string of the molecule is O=C(O)[C@H](Cc1ccc(-n2c(C3CC3)nc3cccnc32)cc1)N=C1C(Cl)C(=O)C12CCCCC2. The van der Waals surface area contributed by atoms with Crippen molar-refractivity contribution in [2.75, 3.05) is 0 Å². The minimum atomic E-state index is -1.00. The van der Waals surface area contributed by atoms with Gasteiger partial charge in [-0.3, -0.25) is 14.4 Å². The fraction of sp³-hybridized carbons (Fsp3) is 0.444. The van der Waals surface area contributed by atoms with E-state index in [1.807, 2.05) is 36.4 Å². The third-order valence-corrected chi connectivity index (χ3v) is 8.13. The largest absolute Gasteiger partial charge is 0.480 e. The number of benzene rings is 1. The average Bonchev–Trinajstić information content (AvgIpc) is 3.66. The van der Waals surface area contributed by atoms with Crippen molar-refractivity contribution in [1.29, 1.82) is 0 Å². The number of ketones is 1. The molecular weight excluding hydrogens is 464 g/mol. The van der Waals surface area contributed by atoms with Crippen LogP contribution in [-0.4, -0.2) is 48.5 Å². The van der Waals surface area contributed by atoms with E-state index in [9.17, 15) is 14.7 Å². The third kappa shape index (κ3) is 3.77. The second-order valence-electron chi connectivity index (χ2n) is 10.0. The molecule has 3 fully saturated rings. The number of Topliss-reactive ketones (excluding diaryl/α,β-unsaturated/α-hetero) is 1. The van der Waals surface area contributed by atoms with Gasteiger partial charge in [0.15, 0.2) is 17.5 Å². The number of pyridine rings is 1. The molecule has 35 heavy (non-hydrogen) atoms. The summed E-state index contributed by atoms with van der Waals surface area (Å²) in [4.78, 5) is 38.7. The molecule has 2 aromatic heterocycles. The predicted molar refractivity (Wildman–Crippen MR) is 134 cm³/mol. The van der Waals surface area contributed by atoms with E-state index in [0.29, 0.717) is 11.6 Å². The van der Waals surface area contributed by atoms with Crippen LogP contribution in [0.3, 0.4) is 0 Å². The summed E-state index contributed by atoms with van der Waals surface area (Å²) in [6.45, 7) is 0. The van der Waals surface area contributed by atoms with Crippen LogP contribution >= 0.6 is 11.6 Å². The number of carboxylic acid groups (broad SMARTS) is 1. The molecule has 3 saturated carbocycles. The molecule has 2 atom stereocenters. The summed E-state index contributed by atoms with van der Waals surface area (Å²) in [7, 11) is 0.